The predicted octanol–water partition coefficient (Wildman–Crippen LogP) is 4.13. The van der Waals surface area contributed by atoms with Crippen LogP contribution < -0.4 is 5.32 Å². The second-order valence-electron chi connectivity index (χ2n) is 6.40. The van der Waals surface area contributed by atoms with Crippen molar-refractivity contribution in [2.24, 2.45) is 0 Å². The molecule has 0 saturated carbocycles. The summed E-state index contributed by atoms with van der Waals surface area (Å²) in [6.45, 7) is 1.98. The molecule has 25 heavy (non-hydrogen) atoms. The fourth-order valence-corrected chi connectivity index (χ4v) is 3.58. The van der Waals surface area contributed by atoms with Gasteiger partial charge in [0.2, 0.25) is 0 Å². The molecule has 128 valence electrons. The molecule has 2 amide bonds. The first-order chi connectivity index (χ1) is 12.2. The number of benzene rings is 2. The Morgan fingerprint density at radius 3 is 2.68 bits per heavy atom. The third-order valence-corrected chi connectivity index (χ3v) is 5.06. The molecule has 0 spiro atoms. The number of carbonyl (C=O) groups excluding carboxylic acids is 1. The molecule has 2 aromatic carbocycles. The lowest BCUT2D eigenvalue weighted by atomic mass is 10.1. The number of halogens is 1. The molecule has 0 radical (unpaired) electrons. The van der Waals surface area contributed by atoms with E-state index in [0.717, 1.165) is 31.5 Å². The van der Waals surface area contributed by atoms with Gasteiger partial charge in [0.1, 0.15) is 0 Å². The van der Waals surface area contributed by atoms with Crippen LogP contribution >= 0.6 is 11.6 Å². The molecule has 4 rings (SSSR count). The SMILES string of the molecule is O=C(NCc1ccc(Cl)cc1)N1CCc2[nH]c3ccccc3c2CC1. The van der Waals surface area contributed by atoms with Crippen LogP contribution in [0.3, 0.4) is 0 Å². The normalized spacial score (nSPS) is 14.2. The second kappa shape index (κ2) is 6.81. The number of hydrogen-bond acceptors (Lipinski definition) is 1. The summed E-state index contributed by atoms with van der Waals surface area (Å²) in [6, 6.07) is 15.9. The highest BCUT2D eigenvalue weighted by Crippen LogP contribution is 2.25. The number of H-pyrrole nitrogens is 1. The fourth-order valence-electron chi connectivity index (χ4n) is 3.45. The minimum absolute atomic E-state index is 0.00981. The molecular formula is C20H20ClN3O. The fraction of sp³-hybridized carbons (Fsp3) is 0.250. The Morgan fingerprint density at radius 1 is 1.08 bits per heavy atom. The summed E-state index contributed by atoms with van der Waals surface area (Å²) in [5, 5.41) is 4.99. The monoisotopic (exact) mass is 353 g/mol. The molecule has 0 aliphatic carbocycles. The van der Waals surface area contributed by atoms with Gasteiger partial charge in [-0.25, -0.2) is 4.79 Å². The Balaban J connectivity index is 1.41. The van der Waals surface area contributed by atoms with Crippen molar-refractivity contribution in [3.8, 4) is 0 Å². The van der Waals surface area contributed by atoms with E-state index in [1.165, 1.54) is 22.2 Å². The van der Waals surface area contributed by atoms with Crippen molar-refractivity contribution in [2.45, 2.75) is 19.4 Å². The first kappa shape index (κ1) is 16.0. The Bertz CT molecular complexity index is 901. The number of carbonyl (C=O) groups is 1. The van der Waals surface area contributed by atoms with Gasteiger partial charge in [0.25, 0.3) is 0 Å². The van der Waals surface area contributed by atoms with Crippen LogP contribution in [-0.2, 0) is 19.4 Å². The number of rotatable bonds is 2. The van der Waals surface area contributed by atoms with E-state index in [-0.39, 0.29) is 6.03 Å². The molecule has 1 aliphatic heterocycles. The van der Waals surface area contributed by atoms with E-state index in [2.05, 4.69) is 34.6 Å². The quantitative estimate of drug-likeness (QED) is 0.715. The molecule has 1 aromatic heterocycles. The van der Waals surface area contributed by atoms with E-state index < -0.39 is 0 Å². The highest BCUT2D eigenvalue weighted by Gasteiger charge is 2.21. The second-order valence-corrected chi connectivity index (χ2v) is 6.84. The summed E-state index contributed by atoms with van der Waals surface area (Å²) in [5.41, 5.74) is 4.84. The third kappa shape index (κ3) is 3.35. The maximum absolute atomic E-state index is 12.5. The van der Waals surface area contributed by atoms with Crippen molar-refractivity contribution in [1.82, 2.24) is 15.2 Å². The molecule has 1 aliphatic rings. The van der Waals surface area contributed by atoms with Crippen molar-refractivity contribution < 1.29 is 4.79 Å². The molecule has 0 bridgehead atoms. The van der Waals surface area contributed by atoms with Gasteiger partial charge in [-0.3, -0.25) is 0 Å². The van der Waals surface area contributed by atoms with Gasteiger partial charge in [-0.1, -0.05) is 41.9 Å². The van der Waals surface area contributed by atoms with Gasteiger partial charge in [-0.05, 0) is 35.7 Å². The smallest absolute Gasteiger partial charge is 0.317 e. The lowest BCUT2D eigenvalue weighted by molar-refractivity contribution is 0.200. The highest BCUT2D eigenvalue weighted by molar-refractivity contribution is 6.30. The number of nitrogens with zero attached hydrogens (tertiary/aromatic N) is 1. The highest BCUT2D eigenvalue weighted by atomic mass is 35.5. The Hall–Kier alpha value is -2.46. The van der Waals surface area contributed by atoms with Crippen LogP contribution in [0.2, 0.25) is 5.02 Å². The van der Waals surface area contributed by atoms with Crippen LogP contribution in [0.25, 0.3) is 10.9 Å². The van der Waals surface area contributed by atoms with Crippen molar-refractivity contribution >= 4 is 28.5 Å². The standard InChI is InChI=1S/C20H20ClN3O/c21-15-7-5-14(6-8-15)13-22-20(25)24-11-9-17-16-3-1-2-4-18(16)23-19(17)10-12-24/h1-8,23H,9-13H2,(H,22,25). The summed E-state index contributed by atoms with van der Waals surface area (Å²) < 4.78 is 0. The molecule has 0 atom stereocenters. The van der Waals surface area contributed by atoms with Crippen molar-refractivity contribution in [3.63, 3.8) is 0 Å². The minimum atomic E-state index is -0.00981. The lowest BCUT2D eigenvalue weighted by Gasteiger charge is -2.21. The maximum Gasteiger partial charge on any atom is 0.317 e. The van der Waals surface area contributed by atoms with Gasteiger partial charge < -0.3 is 15.2 Å². The number of nitrogens with one attached hydrogen (secondary N) is 2. The number of hydrogen-bond donors (Lipinski definition) is 2. The summed E-state index contributed by atoms with van der Waals surface area (Å²) in [6.07, 6.45) is 1.74. The number of urea groups is 1. The van der Waals surface area contributed by atoms with Crippen LogP contribution in [0, 0.1) is 0 Å². The van der Waals surface area contributed by atoms with E-state index in [9.17, 15) is 4.79 Å². The van der Waals surface area contributed by atoms with Gasteiger partial charge in [0, 0.05) is 47.7 Å². The van der Waals surface area contributed by atoms with Crippen LogP contribution in [0.15, 0.2) is 48.5 Å². The van der Waals surface area contributed by atoms with E-state index in [4.69, 9.17) is 11.6 Å². The summed E-state index contributed by atoms with van der Waals surface area (Å²) in [5.74, 6) is 0. The molecule has 0 saturated heterocycles. The van der Waals surface area contributed by atoms with Crippen LogP contribution in [-0.4, -0.2) is 29.0 Å². The number of para-hydroxylation sites is 1. The summed E-state index contributed by atoms with van der Waals surface area (Å²) in [4.78, 5) is 17.9. The van der Waals surface area contributed by atoms with Crippen molar-refractivity contribution in [2.75, 3.05) is 13.1 Å². The Kier molecular flexibility index (Phi) is 4.36. The molecular weight excluding hydrogens is 334 g/mol. The van der Waals surface area contributed by atoms with Gasteiger partial charge in [-0.2, -0.15) is 0 Å². The molecule has 2 N–H and O–H groups in total. The van der Waals surface area contributed by atoms with Gasteiger partial charge in [0.05, 0.1) is 0 Å². The van der Waals surface area contributed by atoms with Gasteiger partial charge in [0.15, 0.2) is 0 Å². The molecule has 0 fully saturated rings. The maximum atomic E-state index is 12.5. The number of amides is 2. The van der Waals surface area contributed by atoms with Crippen LogP contribution in [0.4, 0.5) is 4.79 Å². The average Bonchev–Trinajstić information content (AvgIpc) is 2.85. The largest absolute Gasteiger partial charge is 0.358 e. The van der Waals surface area contributed by atoms with Crippen LogP contribution in [0.1, 0.15) is 16.8 Å². The third-order valence-electron chi connectivity index (χ3n) is 4.81. The zero-order chi connectivity index (χ0) is 17.2. The van der Waals surface area contributed by atoms with E-state index >= 15 is 0 Å². The molecule has 2 heterocycles. The molecule has 0 unspecified atom stereocenters. The molecule has 4 nitrogen and oxygen atoms in total. The summed E-state index contributed by atoms with van der Waals surface area (Å²) in [7, 11) is 0. The average molecular weight is 354 g/mol. The van der Waals surface area contributed by atoms with E-state index in [1.807, 2.05) is 29.2 Å². The zero-order valence-corrected chi connectivity index (χ0v) is 14.6. The van der Waals surface area contributed by atoms with Crippen LogP contribution in [0.5, 0.6) is 0 Å². The number of fused-ring (bicyclic) bond motifs is 3. The Morgan fingerprint density at radius 2 is 1.84 bits per heavy atom. The molecule has 5 heteroatoms. The lowest BCUT2D eigenvalue weighted by Crippen LogP contribution is -2.41. The predicted molar refractivity (Wildman–Crippen MR) is 101 cm³/mol. The van der Waals surface area contributed by atoms with Gasteiger partial charge >= 0.3 is 6.03 Å². The van der Waals surface area contributed by atoms with Crippen molar-refractivity contribution in [1.29, 1.82) is 0 Å². The molecule has 3 aromatic rings. The van der Waals surface area contributed by atoms with Gasteiger partial charge in [-0.15, -0.1) is 0 Å². The van der Waals surface area contributed by atoms with E-state index in [1.54, 1.807) is 0 Å². The van der Waals surface area contributed by atoms with Crippen molar-refractivity contribution in [3.05, 3.63) is 70.4 Å². The minimum Gasteiger partial charge on any atom is -0.358 e. The first-order valence-corrected chi connectivity index (χ1v) is 8.94. The zero-order valence-electron chi connectivity index (χ0n) is 13.9. The number of aromatic nitrogens is 1. The first-order valence-electron chi connectivity index (χ1n) is 8.56. The van der Waals surface area contributed by atoms with E-state index in [0.29, 0.717) is 11.6 Å². The Labute approximate surface area is 151 Å². The number of aromatic amines is 1. The topological polar surface area (TPSA) is 48.1 Å². The summed E-state index contributed by atoms with van der Waals surface area (Å²) >= 11 is 5.89.